The number of aryl methyl sites for hydroxylation is 1. The van der Waals surface area contributed by atoms with Crippen molar-refractivity contribution in [3.05, 3.63) is 60.2 Å². The Morgan fingerprint density at radius 1 is 1.07 bits per heavy atom. The van der Waals surface area contributed by atoms with Crippen molar-refractivity contribution in [2.24, 2.45) is 0 Å². The van der Waals surface area contributed by atoms with Gasteiger partial charge in [-0.15, -0.1) is 0 Å². The van der Waals surface area contributed by atoms with E-state index in [4.69, 9.17) is 4.74 Å². The molecule has 1 fully saturated rings. The number of sulfonamides is 1. The van der Waals surface area contributed by atoms with E-state index >= 15 is 0 Å². The molecule has 0 aromatic heterocycles. The lowest BCUT2D eigenvalue weighted by Crippen LogP contribution is -2.46. The SMILES string of the molecule is Cc1ccc(S(=O)(=O)N(C[C@H](O)CN2CCOCC2)c2ccccc2)cc1. The number of benzene rings is 2. The maximum atomic E-state index is 13.3. The molecule has 1 saturated heterocycles. The van der Waals surface area contributed by atoms with Gasteiger partial charge < -0.3 is 9.84 Å². The van der Waals surface area contributed by atoms with Gasteiger partial charge in [-0.05, 0) is 31.2 Å². The summed E-state index contributed by atoms with van der Waals surface area (Å²) in [5, 5.41) is 10.6. The van der Waals surface area contributed by atoms with E-state index in [2.05, 4.69) is 4.90 Å². The highest BCUT2D eigenvalue weighted by molar-refractivity contribution is 7.92. The molecule has 0 aliphatic carbocycles. The van der Waals surface area contributed by atoms with E-state index in [0.29, 0.717) is 25.4 Å². The number of β-amino-alcohol motifs (C(OH)–C–C–N with tert-alkyl or cyclic N) is 1. The minimum absolute atomic E-state index is 0.00240. The zero-order valence-electron chi connectivity index (χ0n) is 15.5. The Hall–Kier alpha value is -1.93. The molecule has 1 atom stereocenters. The van der Waals surface area contributed by atoms with Gasteiger partial charge in [0.05, 0.1) is 36.4 Å². The van der Waals surface area contributed by atoms with Gasteiger partial charge in [0.15, 0.2) is 0 Å². The number of hydrogen-bond donors (Lipinski definition) is 1. The average molecular weight is 391 g/mol. The molecule has 27 heavy (non-hydrogen) atoms. The van der Waals surface area contributed by atoms with Gasteiger partial charge in [-0.3, -0.25) is 9.21 Å². The molecule has 0 unspecified atom stereocenters. The molecular formula is C20H26N2O4S. The van der Waals surface area contributed by atoms with Crippen LogP contribution in [0.2, 0.25) is 0 Å². The van der Waals surface area contributed by atoms with E-state index < -0.39 is 16.1 Å². The van der Waals surface area contributed by atoms with E-state index in [1.165, 1.54) is 4.31 Å². The van der Waals surface area contributed by atoms with E-state index in [0.717, 1.165) is 18.7 Å². The Kier molecular flexibility index (Phi) is 6.49. The molecule has 3 rings (SSSR count). The monoisotopic (exact) mass is 390 g/mol. The first kappa shape index (κ1) is 19.8. The summed E-state index contributed by atoms with van der Waals surface area (Å²) in [7, 11) is -3.78. The van der Waals surface area contributed by atoms with E-state index in [9.17, 15) is 13.5 Å². The Labute approximate surface area is 161 Å². The van der Waals surface area contributed by atoms with Crippen LogP contribution in [0.15, 0.2) is 59.5 Å². The van der Waals surface area contributed by atoms with Crippen molar-refractivity contribution in [1.29, 1.82) is 0 Å². The third-order valence-electron chi connectivity index (χ3n) is 4.60. The smallest absolute Gasteiger partial charge is 0.264 e. The van der Waals surface area contributed by atoms with Crippen LogP contribution in [0.5, 0.6) is 0 Å². The van der Waals surface area contributed by atoms with Crippen molar-refractivity contribution >= 4 is 15.7 Å². The molecule has 2 aromatic rings. The third-order valence-corrected chi connectivity index (χ3v) is 6.41. The molecule has 0 saturated carbocycles. The first-order valence-corrected chi connectivity index (χ1v) is 10.5. The van der Waals surface area contributed by atoms with Crippen LogP contribution in [0.3, 0.4) is 0 Å². The van der Waals surface area contributed by atoms with Crippen LogP contribution in [-0.2, 0) is 14.8 Å². The summed E-state index contributed by atoms with van der Waals surface area (Å²) >= 11 is 0. The van der Waals surface area contributed by atoms with E-state index in [1.807, 2.05) is 13.0 Å². The van der Waals surface area contributed by atoms with Crippen LogP contribution in [-0.4, -0.2) is 63.9 Å². The number of hydrogen-bond acceptors (Lipinski definition) is 5. The molecular weight excluding hydrogens is 364 g/mol. The lowest BCUT2D eigenvalue weighted by molar-refractivity contribution is 0.0166. The molecule has 0 spiro atoms. The number of aliphatic hydroxyl groups excluding tert-OH is 1. The predicted molar refractivity (Wildman–Crippen MR) is 105 cm³/mol. The van der Waals surface area contributed by atoms with Crippen LogP contribution in [0.25, 0.3) is 0 Å². The van der Waals surface area contributed by atoms with Crippen molar-refractivity contribution in [2.45, 2.75) is 17.9 Å². The molecule has 0 amide bonds. The summed E-state index contributed by atoms with van der Waals surface area (Å²) < 4.78 is 33.1. The largest absolute Gasteiger partial charge is 0.390 e. The Balaban J connectivity index is 1.83. The first-order chi connectivity index (χ1) is 13.0. The van der Waals surface area contributed by atoms with Gasteiger partial charge in [0.25, 0.3) is 10.0 Å². The van der Waals surface area contributed by atoms with Crippen molar-refractivity contribution < 1.29 is 18.3 Å². The van der Waals surface area contributed by atoms with Gasteiger partial charge in [-0.2, -0.15) is 0 Å². The highest BCUT2D eigenvalue weighted by atomic mass is 32.2. The fourth-order valence-corrected chi connectivity index (χ4v) is 4.61. The Morgan fingerprint density at radius 2 is 1.70 bits per heavy atom. The van der Waals surface area contributed by atoms with Crippen LogP contribution in [0.4, 0.5) is 5.69 Å². The molecule has 2 aromatic carbocycles. The topological polar surface area (TPSA) is 70.1 Å². The summed E-state index contributed by atoms with van der Waals surface area (Å²) in [5.74, 6) is 0. The summed E-state index contributed by atoms with van der Waals surface area (Å²) in [6, 6.07) is 15.7. The lowest BCUT2D eigenvalue weighted by atomic mass is 10.2. The summed E-state index contributed by atoms with van der Waals surface area (Å²) in [4.78, 5) is 2.31. The third kappa shape index (κ3) is 5.07. The molecule has 1 heterocycles. The zero-order valence-corrected chi connectivity index (χ0v) is 16.3. The van der Waals surface area contributed by atoms with Gasteiger partial charge in [-0.25, -0.2) is 8.42 Å². The lowest BCUT2D eigenvalue weighted by Gasteiger charge is -2.31. The highest BCUT2D eigenvalue weighted by Crippen LogP contribution is 2.24. The van der Waals surface area contributed by atoms with Gasteiger partial charge >= 0.3 is 0 Å². The molecule has 0 bridgehead atoms. The quantitative estimate of drug-likeness (QED) is 0.782. The van der Waals surface area contributed by atoms with Gasteiger partial charge in [0.1, 0.15) is 0 Å². The summed E-state index contributed by atoms with van der Waals surface area (Å²) in [6.07, 6.45) is -0.802. The normalized spacial score (nSPS) is 16.8. The maximum absolute atomic E-state index is 13.3. The van der Waals surface area contributed by atoms with Crippen LogP contribution in [0, 0.1) is 6.92 Å². The molecule has 6 nitrogen and oxygen atoms in total. The minimum Gasteiger partial charge on any atom is -0.390 e. The number of morpholine rings is 1. The number of nitrogens with zero attached hydrogens (tertiary/aromatic N) is 2. The van der Waals surface area contributed by atoms with Crippen LogP contribution < -0.4 is 4.31 Å². The minimum atomic E-state index is -3.78. The molecule has 1 aliphatic rings. The second kappa shape index (κ2) is 8.84. The fourth-order valence-electron chi connectivity index (χ4n) is 3.10. The molecule has 7 heteroatoms. The molecule has 1 aliphatic heterocycles. The number of anilines is 1. The van der Waals surface area contributed by atoms with Crippen LogP contribution >= 0.6 is 0 Å². The van der Waals surface area contributed by atoms with Crippen molar-refractivity contribution in [1.82, 2.24) is 4.90 Å². The zero-order chi connectivity index (χ0) is 19.3. The van der Waals surface area contributed by atoms with E-state index in [-0.39, 0.29) is 11.4 Å². The number of aliphatic hydroxyl groups is 1. The summed E-state index contributed by atoms with van der Waals surface area (Å²) in [5.41, 5.74) is 1.53. The average Bonchev–Trinajstić information content (AvgIpc) is 2.68. The van der Waals surface area contributed by atoms with E-state index in [1.54, 1.807) is 48.5 Å². The fraction of sp³-hybridized carbons (Fsp3) is 0.400. The first-order valence-electron chi connectivity index (χ1n) is 9.09. The second-order valence-electron chi connectivity index (χ2n) is 6.75. The summed E-state index contributed by atoms with van der Waals surface area (Å²) in [6.45, 7) is 5.08. The maximum Gasteiger partial charge on any atom is 0.264 e. The Bertz CT molecular complexity index is 819. The highest BCUT2D eigenvalue weighted by Gasteiger charge is 2.28. The molecule has 0 radical (unpaired) electrons. The second-order valence-corrected chi connectivity index (χ2v) is 8.61. The van der Waals surface area contributed by atoms with Crippen LogP contribution in [0.1, 0.15) is 5.56 Å². The van der Waals surface area contributed by atoms with Crippen molar-refractivity contribution in [3.63, 3.8) is 0 Å². The predicted octanol–water partition coefficient (Wildman–Crippen LogP) is 1.88. The number of para-hydroxylation sites is 1. The standard InChI is InChI=1S/C20H26N2O4S/c1-17-7-9-20(10-8-17)27(24,25)22(18-5-3-2-4-6-18)16-19(23)15-21-11-13-26-14-12-21/h2-10,19,23H,11-16H2,1H3/t19-/m1/s1. The number of ether oxygens (including phenoxy) is 1. The van der Waals surface area contributed by atoms with Crippen molar-refractivity contribution in [2.75, 3.05) is 43.7 Å². The number of rotatable bonds is 7. The van der Waals surface area contributed by atoms with Gasteiger partial charge in [0.2, 0.25) is 0 Å². The van der Waals surface area contributed by atoms with Gasteiger partial charge in [-0.1, -0.05) is 35.9 Å². The van der Waals surface area contributed by atoms with Gasteiger partial charge in [0, 0.05) is 19.6 Å². The Morgan fingerprint density at radius 3 is 2.33 bits per heavy atom. The molecule has 146 valence electrons. The molecule has 1 N–H and O–H groups in total. The van der Waals surface area contributed by atoms with Crippen molar-refractivity contribution in [3.8, 4) is 0 Å².